The standard InChI is InChI=1S/C20H23NO5/c1-14-7-8-17-15(11-14)16(22)12-18(26-17)20(24)25-13-19(23)21-9-5-3-2-4-6-10-21/h7-8,11-12H,2-6,9-10,13H2,1H3. The first-order valence-electron chi connectivity index (χ1n) is 9.04. The Balaban J connectivity index is 1.66. The minimum atomic E-state index is -0.801. The van der Waals surface area contributed by atoms with Crippen LogP contribution in [-0.4, -0.2) is 36.5 Å². The molecule has 1 fully saturated rings. The number of benzene rings is 1. The summed E-state index contributed by atoms with van der Waals surface area (Å²) in [5.41, 5.74) is 0.945. The maximum Gasteiger partial charge on any atom is 0.374 e. The van der Waals surface area contributed by atoms with Gasteiger partial charge in [-0.25, -0.2) is 4.79 Å². The first kappa shape index (κ1) is 18.2. The Labute approximate surface area is 151 Å². The predicted octanol–water partition coefficient (Wildman–Crippen LogP) is 3.05. The fourth-order valence-electron chi connectivity index (χ4n) is 3.16. The molecule has 6 heteroatoms. The molecule has 0 N–H and O–H groups in total. The molecule has 0 unspecified atom stereocenters. The summed E-state index contributed by atoms with van der Waals surface area (Å²) in [4.78, 5) is 38.4. The van der Waals surface area contributed by atoms with Crippen molar-refractivity contribution in [2.45, 2.75) is 39.0 Å². The molecule has 1 aromatic heterocycles. The lowest BCUT2D eigenvalue weighted by molar-refractivity contribution is -0.134. The van der Waals surface area contributed by atoms with Crippen molar-refractivity contribution < 1.29 is 18.7 Å². The van der Waals surface area contributed by atoms with Gasteiger partial charge in [-0.2, -0.15) is 0 Å². The summed E-state index contributed by atoms with van der Waals surface area (Å²) < 4.78 is 10.6. The van der Waals surface area contributed by atoms with E-state index < -0.39 is 5.97 Å². The molecule has 0 radical (unpaired) electrons. The second kappa shape index (κ2) is 8.17. The summed E-state index contributed by atoms with van der Waals surface area (Å²) in [6, 6.07) is 6.27. The molecular weight excluding hydrogens is 334 g/mol. The van der Waals surface area contributed by atoms with E-state index in [0.717, 1.165) is 37.3 Å². The maximum atomic E-state index is 12.3. The van der Waals surface area contributed by atoms with E-state index >= 15 is 0 Å². The third kappa shape index (κ3) is 4.31. The number of hydrogen-bond donors (Lipinski definition) is 0. The Bertz CT molecular complexity index is 862. The highest BCUT2D eigenvalue weighted by Gasteiger charge is 2.19. The van der Waals surface area contributed by atoms with Gasteiger partial charge in [0, 0.05) is 19.2 Å². The van der Waals surface area contributed by atoms with Crippen LogP contribution in [-0.2, 0) is 9.53 Å². The molecule has 26 heavy (non-hydrogen) atoms. The van der Waals surface area contributed by atoms with E-state index in [1.54, 1.807) is 23.1 Å². The van der Waals surface area contributed by atoms with Crippen LogP contribution in [0, 0.1) is 6.92 Å². The Hall–Kier alpha value is -2.63. The number of rotatable bonds is 3. The van der Waals surface area contributed by atoms with Gasteiger partial charge >= 0.3 is 5.97 Å². The molecule has 138 valence electrons. The number of fused-ring (bicyclic) bond motifs is 1. The third-order valence-corrected chi connectivity index (χ3v) is 4.62. The molecule has 0 aliphatic carbocycles. The van der Waals surface area contributed by atoms with Crippen LogP contribution in [0.25, 0.3) is 11.0 Å². The minimum absolute atomic E-state index is 0.188. The van der Waals surface area contributed by atoms with Crippen LogP contribution in [0.3, 0.4) is 0 Å². The van der Waals surface area contributed by atoms with Crippen molar-refractivity contribution in [2.24, 2.45) is 0 Å². The van der Waals surface area contributed by atoms with E-state index in [9.17, 15) is 14.4 Å². The second-order valence-corrected chi connectivity index (χ2v) is 6.70. The summed E-state index contributed by atoms with van der Waals surface area (Å²) in [7, 11) is 0. The van der Waals surface area contributed by atoms with Gasteiger partial charge in [-0.05, 0) is 31.9 Å². The first-order valence-corrected chi connectivity index (χ1v) is 9.04. The predicted molar refractivity (Wildman–Crippen MR) is 97.2 cm³/mol. The Morgan fingerprint density at radius 2 is 1.77 bits per heavy atom. The van der Waals surface area contributed by atoms with Crippen LogP contribution < -0.4 is 5.43 Å². The molecule has 2 heterocycles. The van der Waals surface area contributed by atoms with Crippen LogP contribution in [0.15, 0.2) is 33.5 Å². The van der Waals surface area contributed by atoms with E-state index in [2.05, 4.69) is 0 Å². The summed E-state index contributed by atoms with van der Waals surface area (Å²) in [6.07, 6.45) is 5.38. The Morgan fingerprint density at radius 3 is 2.50 bits per heavy atom. The van der Waals surface area contributed by atoms with E-state index in [0.29, 0.717) is 24.1 Å². The van der Waals surface area contributed by atoms with Gasteiger partial charge in [-0.3, -0.25) is 9.59 Å². The Morgan fingerprint density at radius 1 is 1.08 bits per heavy atom. The lowest BCUT2D eigenvalue weighted by Crippen LogP contribution is -2.37. The molecule has 1 saturated heterocycles. The molecule has 1 aliphatic rings. The minimum Gasteiger partial charge on any atom is -0.450 e. The zero-order valence-electron chi connectivity index (χ0n) is 15.0. The van der Waals surface area contributed by atoms with Crippen molar-refractivity contribution in [2.75, 3.05) is 19.7 Å². The van der Waals surface area contributed by atoms with Gasteiger partial charge in [-0.1, -0.05) is 30.9 Å². The molecule has 1 aromatic carbocycles. The van der Waals surface area contributed by atoms with E-state index in [1.807, 2.05) is 6.92 Å². The number of amides is 1. The number of hydrogen-bond acceptors (Lipinski definition) is 5. The SMILES string of the molecule is Cc1ccc2oc(C(=O)OCC(=O)N3CCCCCCC3)cc(=O)c2c1. The summed E-state index contributed by atoms with van der Waals surface area (Å²) in [5, 5.41) is 0.415. The number of carbonyl (C=O) groups is 2. The number of nitrogens with zero attached hydrogens (tertiary/aromatic N) is 1. The van der Waals surface area contributed by atoms with Crippen molar-refractivity contribution in [3.63, 3.8) is 0 Å². The van der Waals surface area contributed by atoms with Crippen molar-refractivity contribution in [1.82, 2.24) is 4.90 Å². The number of ether oxygens (including phenoxy) is 1. The molecule has 6 nitrogen and oxygen atoms in total. The van der Waals surface area contributed by atoms with Crippen LogP contribution in [0.1, 0.15) is 48.2 Å². The average molecular weight is 357 g/mol. The lowest BCUT2D eigenvalue weighted by atomic mass is 10.1. The van der Waals surface area contributed by atoms with Gasteiger partial charge in [0.05, 0.1) is 5.39 Å². The Kier molecular flexibility index (Phi) is 5.71. The molecule has 0 spiro atoms. The highest BCUT2D eigenvalue weighted by atomic mass is 16.5. The molecule has 2 aromatic rings. The first-order chi connectivity index (χ1) is 12.5. The molecule has 0 atom stereocenters. The average Bonchev–Trinajstić information content (AvgIpc) is 2.59. The number of aryl methyl sites for hydroxylation is 1. The zero-order chi connectivity index (χ0) is 18.5. The zero-order valence-corrected chi connectivity index (χ0v) is 15.0. The lowest BCUT2D eigenvalue weighted by Gasteiger charge is -2.24. The van der Waals surface area contributed by atoms with Crippen molar-refractivity contribution in [3.8, 4) is 0 Å². The van der Waals surface area contributed by atoms with Gasteiger partial charge < -0.3 is 14.1 Å². The fraction of sp³-hybridized carbons (Fsp3) is 0.450. The van der Waals surface area contributed by atoms with Crippen molar-refractivity contribution in [1.29, 1.82) is 0 Å². The fourth-order valence-corrected chi connectivity index (χ4v) is 3.16. The molecule has 0 bridgehead atoms. The normalized spacial score (nSPS) is 15.3. The second-order valence-electron chi connectivity index (χ2n) is 6.70. The van der Waals surface area contributed by atoms with Gasteiger partial charge in [0.15, 0.2) is 12.0 Å². The molecule has 1 aliphatic heterocycles. The third-order valence-electron chi connectivity index (χ3n) is 4.62. The summed E-state index contributed by atoms with van der Waals surface area (Å²) in [6.45, 7) is 2.92. The number of carbonyl (C=O) groups excluding carboxylic acids is 2. The molecule has 1 amide bonds. The van der Waals surface area contributed by atoms with E-state index in [1.165, 1.54) is 6.42 Å². The summed E-state index contributed by atoms with van der Waals surface area (Å²) in [5.74, 6) is -1.20. The monoisotopic (exact) mass is 357 g/mol. The van der Waals surface area contributed by atoms with Gasteiger partial charge in [0.2, 0.25) is 5.76 Å². The highest BCUT2D eigenvalue weighted by Crippen LogP contribution is 2.15. The summed E-state index contributed by atoms with van der Waals surface area (Å²) >= 11 is 0. The maximum absolute atomic E-state index is 12.3. The number of esters is 1. The number of likely N-dealkylation sites (tertiary alicyclic amines) is 1. The van der Waals surface area contributed by atoms with Gasteiger partial charge in [0.1, 0.15) is 5.58 Å². The van der Waals surface area contributed by atoms with Gasteiger partial charge in [0.25, 0.3) is 5.91 Å². The largest absolute Gasteiger partial charge is 0.450 e. The van der Waals surface area contributed by atoms with Gasteiger partial charge in [-0.15, -0.1) is 0 Å². The quantitative estimate of drug-likeness (QED) is 0.789. The van der Waals surface area contributed by atoms with Crippen LogP contribution in [0.4, 0.5) is 0 Å². The topological polar surface area (TPSA) is 76.8 Å². The van der Waals surface area contributed by atoms with Crippen LogP contribution in [0.5, 0.6) is 0 Å². The molecule has 0 saturated carbocycles. The van der Waals surface area contributed by atoms with Crippen LogP contribution in [0.2, 0.25) is 0 Å². The molecule has 3 rings (SSSR count). The molecular formula is C20H23NO5. The van der Waals surface area contributed by atoms with E-state index in [-0.39, 0.29) is 23.7 Å². The smallest absolute Gasteiger partial charge is 0.374 e. The highest BCUT2D eigenvalue weighted by molar-refractivity contribution is 5.90. The van der Waals surface area contributed by atoms with Crippen molar-refractivity contribution >= 4 is 22.8 Å². The van der Waals surface area contributed by atoms with Crippen molar-refractivity contribution in [3.05, 3.63) is 45.8 Å². The van der Waals surface area contributed by atoms with Crippen LogP contribution >= 0.6 is 0 Å². The van der Waals surface area contributed by atoms with E-state index in [4.69, 9.17) is 9.15 Å².